The summed E-state index contributed by atoms with van der Waals surface area (Å²) >= 11 is 11.9. The first-order chi connectivity index (χ1) is 8.18. The van der Waals surface area contributed by atoms with Crippen LogP contribution >= 0.6 is 23.2 Å². The zero-order valence-corrected chi connectivity index (χ0v) is 10.8. The van der Waals surface area contributed by atoms with Crippen molar-refractivity contribution in [3.63, 3.8) is 0 Å². The molecule has 0 unspecified atom stereocenters. The Morgan fingerprint density at radius 1 is 1.29 bits per heavy atom. The fourth-order valence-corrected chi connectivity index (χ4v) is 2.27. The van der Waals surface area contributed by atoms with Gasteiger partial charge < -0.3 is 10.6 Å². The summed E-state index contributed by atoms with van der Waals surface area (Å²) in [4.78, 5) is 12.0. The summed E-state index contributed by atoms with van der Waals surface area (Å²) in [5.74, 6) is 0.0852. The number of anilines is 1. The van der Waals surface area contributed by atoms with Crippen molar-refractivity contribution in [1.29, 1.82) is 0 Å². The third-order valence-electron chi connectivity index (χ3n) is 2.92. The van der Waals surface area contributed by atoms with E-state index in [-0.39, 0.29) is 11.8 Å². The number of halogens is 2. The number of amides is 1. The molecule has 0 atom stereocenters. The van der Waals surface area contributed by atoms with Gasteiger partial charge in [0.25, 0.3) is 0 Å². The molecule has 0 spiro atoms. The minimum Gasteiger partial charge on any atom is -0.324 e. The van der Waals surface area contributed by atoms with E-state index in [0.29, 0.717) is 15.7 Å². The van der Waals surface area contributed by atoms with Crippen molar-refractivity contribution in [1.82, 2.24) is 5.32 Å². The maximum atomic E-state index is 12.0. The van der Waals surface area contributed by atoms with E-state index in [1.807, 2.05) is 0 Å². The van der Waals surface area contributed by atoms with Crippen molar-refractivity contribution in [2.24, 2.45) is 5.92 Å². The number of piperidine rings is 1. The minimum absolute atomic E-state index is 0.0238. The van der Waals surface area contributed by atoms with Crippen LogP contribution in [0.15, 0.2) is 18.2 Å². The fourth-order valence-electron chi connectivity index (χ4n) is 1.92. The smallest absolute Gasteiger partial charge is 0.227 e. The molecule has 0 aliphatic carbocycles. The Bertz CT molecular complexity index is 417. The van der Waals surface area contributed by atoms with E-state index in [9.17, 15) is 4.79 Å². The molecule has 1 saturated heterocycles. The van der Waals surface area contributed by atoms with Crippen LogP contribution in [0.2, 0.25) is 10.0 Å². The molecule has 0 bridgehead atoms. The number of rotatable bonds is 2. The first kappa shape index (κ1) is 12.7. The highest BCUT2D eigenvalue weighted by atomic mass is 35.5. The molecule has 17 heavy (non-hydrogen) atoms. The highest BCUT2D eigenvalue weighted by Gasteiger charge is 2.21. The molecule has 0 aromatic heterocycles. The molecule has 1 aliphatic heterocycles. The average Bonchev–Trinajstić information content (AvgIpc) is 2.36. The summed E-state index contributed by atoms with van der Waals surface area (Å²) in [6.07, 6.45) is 1.73. The molecular formula is C12H14Cl2N2O. The predicted molar refractivity (Wildman–Crippen MR) is 70.7 cm³/mol. The topological polar surface area (TPSA) is 41.1 Å². The highest BCUT2D eigenvalue weighted by Crippen LogP contribution is 2.30. The summed E-state index contributed by atoms with van der Waals surface area (Å²) in [7, 11) is 0. The second-order valence-electron chi connectivity index (χ2n) is 4.11. The number of nitrogens with one attached hydrogen (secondary N) is 2. The molecule has 5 heteroatoms. The van der Waals surface area contributed by atoms with Gasteiger partial charge in [0.15, 0.2) is 0 Å². The molecule has 1 fully saturated rings. The maximum Gasteiger partial charge on any atom is 0.227 e. The Kier molecular flexibility index (Phi) is 4.26. The van der Waals surface area contributed by atoms with Crippen molar-refractivity contribution in [3.05, 3.63) is 28.2 Å². The molecule has 2 rings (SSSR count). The molecular weight excluding hydrogens is 259 g/mol. The lowest BCUT2D eigenvalue weighted by Gasteiger charge is -2.22. The largest absolute Gasteiger partial charge is 0.324 e. The molecule has 1 aromatic rings. The van der Waals surface area contributed by atoms with Gasteiger partial charge in [-0.3, -0.25) is 4.79 Å². The molecule has 0 radical (unpaired) electrons. The second-order valence-corrected chi connectivity index (χ2v) is 4.90. The molecule has 1 aromatic carbocycles. The maximum absolute atomic E-state index is 12.0. The van der Waals surface area contributed by atoms with Crippen LogP contribution in [0.3, 0.4) is 0 Å². The summed E-state index contributed by atoms with van der Waals surface area (Å²) in [6, 6.07) is 5.23. The van der Waals surface area contributed by atoms with Crippen LogP contribution in [-0.4, -0.2) is 19.0 Å². The van der Waals surface area contributed by atoms with E-state index < -0.39 is 0 Å². The molecule has 1 heterocycles. The van der Waals surface area contributed by atoms with E-state index >= 15 is 0 Å². The van der Waals surface area contributed by atoms with E-state index in [1.54, 1.807) is 18.2 Å². The van der Waals surface area contributed by atoms with Crippen LogP contribution < -0.4 is 10.6 Å². The lowest BCUT2D eigenvalue weighted by molar-refractivity contribution is -0.120. The Labute approximate surface area is 110 Å². The van der Waals surface area contributed by atoms with Crippen molar-refractivity contribution in [2.45, 2.75) is 12.8 Å². The fraction of sp³-hybridized carbons (Fsp3) is 0.417. The SMILES string of the molecule is O=C(Nc1cccc(Cl)c1Cl)C1CCNCC1. The van der Waals surface area contributed by atoms with Crippen LogP contribution in [-0.2, 0) is 4.79 Å². The van der Waals surface area contributed by atoms with E-state index in [2.05, 4.69) is 10.6 Å². The van der Waals surface area contributed by atoms with Gasteiger partial charge in [0.05, 0.1) is 15.7 Å². The first-order valence-corrected chi connectivity index (χ1v) is 6.39. The Balaban J connectivity index is 2.04. The number of hydrogen-bond acceptors (Lipinski definition) is 2. The van der Waals surface area contributed by atoms with Crippen molar-refractivity contribution in [2.75, 3.05) is 18.4 Å². The predicted octanol–water partition coefficient (Wildman–Crippen LogP) is 2.93. The molecule has 0 saturated carbocycles. The molecule has 2 N–H and O–H groups in total. The van der Waals surface area contributed by atoms with E-state index in [0.717, 1.165) is 25.9 Å². The van der Waals surface area contributed by atoms with Gasteiger partial charge in [-0.2, -0.15) is 0 Å². The number of carbonyl (C=O) groups excluding carboxylic acids is 1. The van der Waals surface area contributed by atoms with Crippen molar-refractivity contribution in [3.8, 4) is 0 Å². The van der Waals surface area contributed by atoms with Gasteiger partial charge in [-0.1, -0.05) is 29.3 Å². The standard InChI is InChI=1S/C12H14Cl2N2O/c13-9-2-1-3-10(11(9)14)16-12(17)8-4-6-15-7-5-8/h1-3,8,15H,4-7H2,(H,16,17). The van der Waals surface area contributed by atoms with Gasteiger partial charge in [-0.25, -0.2) is 0 Å². The molecule has 1 aliphatic rings. The van der Waals surface area contributed by atoms with Crippen LogP contribution in [0.5, 0.6) is 0 Å². The minimum atomic E-state index is 0.0238. The second kappa shape index (κ2) is 5.71. The third kappa shape index (κ3) is 3.12. The van der Waals surface area contributed by atoms with Crippen LogP contribution in [0, 0.1) is 5.92 Å². The lowest BCUT2D eigenvalue weighted by atomic mass is 9.97. The number of benzene rings is 1. The highest BCUT2D eigenvalue weighted by molar-refractivity contribution is 6.43. The summed E-state index contributed by atoms with van der Waals surface area (Å²) in [6.45, 7) is 1.78. The number of hydrogen-bond donors (Lipinski definition) is 2. The van der Waals surface area contributed by atoms with Gasteiger partial charge in [-0.05, 0) is 38.1 Å². The van der Waals surface area contributed by atoms with Gasteiger partial charge in [-0.15, -0.1) is 0 Å². The zero-order chi connectivity index (χ0) is 12.3. The molecule has 3 nitrogen and oxygen atoms in total. The Morgan fingerprint density at radius 2 is 2.00 bits per heavy atom. The van der Waals surface area contributed by atoms with Crippen molar-refractivity contribution < 1.29 is 4.79 Å². The monoisotopic (exact) mass is 272 g/mol. The quantitative estimate of drug-likeness (QED) is 0.869. The first-order valence-electron chi connectivity index (χ1n) is 5.64. The Hall–Kier alpha value is -0.770. The summed E-state index contributed by atoms with van der Waals surface area (Å²) in [5, 5.41) is 6.92. The zero-order valence-electron chi connectivity index (χ0n) is 9.30. The third-order valence-corrected chi connectivity index (χ3v) is 3.74. The summed E-state index contributed by atoms with van der Waals surface area (Å²) in [5.41, 5.74) is 0.586. The molecule has 92 valence electrons. The van der Waals surface area contributed by atoms with Crippen LogP contribution in [0.4, 0.5) is 5.69 Å². The van der Waals surface area contributed by atoms with E-state index in [4.69, 9.17) is 23.2 Å². The lowest BCUT2D eigenvalue weighted by Crippen LogP contribution is -2.34. The van der Waals surface area contributed by atoms with Gasteiger partial charge >= 0.3 is 0 Å². The van der Waals surface area contributed by atoms with E-state index in [1.165, 1.54) is 0 Å². The Morgan fingerprint density at radius 3 is 2.71 bits per heavy atom. The number of carbonyl (C=O) groups is 1. The summed E-state index contributed by atoms with van der Waals surface area (Å²) < 4.78 is 0. The van der Waals surface area contributed by atoms with Crippen LogP contribution in [0.25, 0.3) is 0 Å². The van der Waals surface area contributed by atoms with Gasteiger partial charge in [0.1, 0.15) is 0 Å². The van der Waals surface area contributed by atoms with Crippen molar-refractivity contribution >= 4 is 34.8 Å². The van der Waals surface area contributed by atoms with Crippen LogP contribution in [0.1, 0.15) is 12.8 Å². The van der Waals surface area contributed by atoms with Gasteiger partial charge in [0, 0.05) is 5.92 Å². The normalized spacial score (nSPS) is 16.8. The van der Waals surface area contributed by atoms with Gasteiger partial charge in [0.2, 0.25) is 5.91 Å². The molecule has 1 amide bonds. The average molecular weight is 273 g/mol.